The lowest BCUT2D eigenvalue weighted by Gasteiger charge is -2.25. The molecule has 1 rings (SSSR count). The van der Waals surface area contributed by atoms with Crippen molar-refractivity contribution in [2.75, 3.05) is 40.4 Å². The average Bonchev–Trinajstić information content (AvgIpc) is 2.65. The van der Waals surface area contributed by atoms with Crippen LogP contribution in [0.1, 0.15) is 51.9 Å². The second kappa shape index (κ2) is 11.6. The van der Waals surface area contributed by atoms with Crippen LogP contribution in [-0.4, -0.2) is 79.5 Å². The Morgan fingerprint density at radius 2 is 1.21 bits per heavy atom. The molecule has 10 nitrogen and oxygen atoms in total. The van der Waals surface area contributed by atoms with Crippen LogP contribution >= 0.6 is 0 Å². The van der Waals surface area contributed by atoms with Gasteiger partial charge in [0.15, 0.2) is 11.5 Å². The molecule has 1 aromatic carbocycles. The predicted octanol–water partition coefficient (Wildman–Crippen LogP) is 3.28. The maximum atomic E-state index is 12.1. The summed E-state index contributed by atoms with van der Waals surface area (Å²) in [6, 6.07) is 4.57. The minimum atomic E-state index is -0.609. The van der Waals surface area contributed by atoms with Crippen LogP contribution in [0.2, 0.25) is 0 Å². The van der Waals surface area contributed by atoms with Gasteiger partial charge in [0.1, 0.15) is 24.4 Å². The van der Waals surface area contributed by atoms with E-state index in [2.05, 4.69) is 0 Å². The fourth-order valence-electron chi connectivity index (χ4n) is 2.34. The van der Waals surface area contributed by atoms with Gasteiger partial charge in [-0.15, -0.1) is 0 Å². The lowest BCUT2D eigenvalue weighted by Crippen LogP contribution is -2.36. The third-order valence-electron chi connectivity index (χ3n) is 4.01. The van der Waals surface area contributed by atoms with Crippen molar-refractivity contribution in [1.29, 1.82) is 0 Å². The smallest absolute Gasteiger partial charge is 0.410 e. The quantitative estimate of drug-likeness (QED) is 0.592. The van der Waals surface area contributed by atoms with Gasteiger partial charge >= 0.3 is 12.2 Å². The standard InChI is InChI=1S/C23H37N3O7/c1-22(2,3)32-20(28)25(7)11-13-30-17-10-9-16(19(24)27)15-18(17)31-14-12-26(8)21(29)33-23(4,5)6/h9-10,15H,11-14H2,1-8H3,(H2,24,27). The van der Waals surface area contributed by atoms with E-state index in [-0.39, 0.29) is 31.9 Å². The van der Waals surface area contributed by atoms with Crippen LogP contribution in [0.3, 0.4) is 0 Å². The molecule has 186 valence electrons. The molecule has 10 heteroatoms. The summed E-state index contributed by atoms with van der Waals surface area (Å²) in [5.74, 6) is 0.0586. The Morgan fingerprint density at radius 1 is 0.788 bits per heavy atom. The first-order valence-electron chi connectivity index (χ1n) is 10.7. The van der Waals surface area contributed by atoms with Gasteiger partial charge in [-0.3, -0.25) is 4.79 Å². The summed E-state index contributed by atoms with van der Waals surface area (Å²) in [6.45, 7) is 11.5. The summed E-state index contributed by atoms with van der Waals surface area (Å²) in [7, 11) is 3.21. The first kappa shape index (κ1) is 27.9. The molecule has 0 unspecified atom stereocenters. The van der Waals surface area contributed by atoms with E-state index in [0.29, 0.717) is 11.5 Å². The number of likely N-dealkylation sites (N-methyl/N-ethyl adjacent to an activating group) is 2. The Kier molecular flexibility index (Phi) is 9.81. The van der Waals surface area contributed by atoms with Crippen molar-refractivity contribution in [3.05, 3.63) is 23.8 Å². The molecule has 2 N–H and O–H groups in total. The molecule has 33 heavy (non-hydrogen) atoms. The monoisotopic (exact) mass is 467 g/mol. The van der Waals surface area contributed by atoms with E-state index >= 15 is 0 Å². The van der Waals surface area contributed by atoms with Gasteiger partial charge in [0.2, 0.25) is 5.91 Å². The maximum Gasteiger partial charge on any atom is 0.410 e. The third-order valence-corrected chi connectivity index (χ3v) is 4.01. The fraction of sp³-hybridized carbons (Fsp3) is 0.609. The highest BCUT2D eigenvalue weighted by molar-refractivity contribution is 5.93. The molecule has 0 saturated heterocycles. The van der Waals surface area contributed by atoms with Gasteiger partial charge in [-0.05, 0) is 59.7 Å². The van der Waals surface area contributed by atoms with E-state index in [4.69, 9.17) is 24.7 Å². The van der Waals surface area contributed by atoms with E-state index in [9.17, 15) is 14.4 Å². The molecule has 3 amide bonds. The third kappa shape index (κ3) is 10.8. The van der Waals surface area contributed by atoms with E-state index in [0.717, 1.165) is 0 Å². The van der Waals surface area contributed by atoms with Crippen LogP contribution in [0, 0.1) is 0 Å². The van der Waals surface area contributed by atoms with Gasteiger partial charge in [0.05, 0.1) is 13.1 Å². The minimum Gasteiger partial charge on any atom is -0.488 e. The Morgan fingerprint density at radius 3 is 1.61 bits per heavy atom. The van der Waals surface area contributed by atoms with E-state index in [1.54, 1.807) is 61.7 Å². The Labute approximate surface area is 195 Å². The largest absolute Gasteiger partial charge is 0.488 e. The normalized spacial score (nSPS) is 11.4. The summed E-state index contributed by atoms with van der Waals surface area (Å²) in [5.41, 5.74) is 4.43. The van der Waals surface area contributed by atoms with Crippen molar-refractivity contribution in [3.8, 4) is 11.5 Å². The number of rotatable bonds is 9. The van der Waals surface area contributed by atoms with Crippen LogP contribution in [0.5, 0.6) is 11.5 Å². The van der Waals surface area contributed by atoms with Gasteiger partial charge in [-0.2, -0.15) is 0 Å². The maximum absolute atomic E-state index is 12.1. The number of nitrogens with two attached hydrogens (primary N) is 1. The second-order valence-electron chi connectivity index (χ2n) is 9.53. The van der Waals surface area contributed by atoms with Crippen LogP contribution < -0.4 is 15.2 Å². The Balaban J connectivity index is 2.73. The van der Waals surface area contributed by atoms with Gasteiger partial charge in [-0.1, -0.05) is 0 Å². The van der Waals surface area contributed by atoms with Crippen molar-refractivity contribution in [3.63, 3.8) is 0 Å². The summed E-state index contributed by atoms with van der Waals surface area (Å²) in [4.78, 5) is 38.5. The van der Waals surface area contributed by atoms with Crippen molar-refractivity contribution < 1.29 is 33.3 Å². The number of carbonyl (C=O) groups excluding carboxylic acids is 3. The lowest BCUT2D eigenvalue weighted by molar-refractivity contribution is 0.0263. The Bertz CT molecular complexity index is 828. The van der Waals surface area contributed by atoms with Gasteiger partial charge < -0.3 is 34.5 Å². The number of amides is 3. The fourth-order valence-corrected chi connectivity index (χ4v) is 2.34. The number of nitrogens with zero attached hydrogens (tertiary/aromatic N) is 2. The molecule has 0 saturated carbocycles. The molecule has 0 aliphatic rings. The molecule has 0 aliphatic carbocycles. The molecule has 0 fully saturated rings. The van der Waals surface area contributed by atoms with E-state index in [1.165, 1.54) is 21.9 Å². The summed E-state index contributed by atoms with van der Waals surface area (Å²) in [5, 5.41) is 0. The van der Waals surface area contributed by atoms with Gasteiger partial charge in [0, 0.05) is 19.7 Å². The molecule has 0 radical (unpaired) electrons. The average molecular weight is 468 g/mol. The van der Waals surface area contributed by atoms with E-state index < -0.39 is 29.3 Å². The summed E-state index contributed by atoms with van der Waals surface area (Å²) < 4.78 is 22.1. The van der Waals surface area contributed by atoms with Crippen LogP contribution in [0.25, 0.3) is 0 Å². The SMILES string of the molecule is CN(CCOc1ccc(C(N)=O)cc1OCCN(C)C(=O)OC(C)(C)C)C(=O)OC(C)(C)C. The first-order chi connectivity index (χ1) is 15.1. The second-order valence-corrected chi connectivity index (χ2v) is 9.53. The number of ether oxygens (including phenoxy) is 4. The van der Waals surface area contributed by atoms with Gasteiger partial charge in [0.25, 0.3) is 0 Å². The van der Waals surface area contributed by atoms with Crippen LogP contribution in [0.15, 0.2) is 18.2 Å². The zero-order valence-corrected chi connectivity index (χ0v) is 20.9. The highest BCUT2D eigenvalue weighted by atomic mass is 16.6. The van der Waals surface area contributed by atoms with Crippen molar-refractivity contribution in [2.45, 2.75) is 52.7 Å². The zero-order chi connectivity index (χ0) is 25.4. The molecule has 0 aliphatic heterocycles. The molecule has 1 aromatic rings. The number of benzene rings is 1. The predicted molar refractivity (Wildman–Crippen MR) is 124 cm³/mol. The number of primary amides is 1. The molecule has 0 bridgehead atoms. The number of carbonyl (C=O) groups is 3. The van der Waals surface area contributed by atoms with E-state index in [1.807, 2.05) is 0 Å². The Hall–Kier alpha value is -3.17. The van der Waals surface area contributed by atoms with Crippen molar-refractivity contribution in [2.24, 2.45) is 5.73 Å². The summed E-state index contributed by atoms with van der Waals surface area (Å²) in [6.07, 6.45) is -0.935. The lowest BCUT2D eigenvalue weighted by atomic mass is 10.2. The number of hydrogen-bond acceptors (Lipinski definition) is 7. The highest BCUT2D eigenvalue weighted by Crippen LogP contribution is 2.28. The van der Waals surface area contributed by atoms with Crippen molar-refractivity contribution in [1.82, 2.24) is 9.80 Å². The molecule has 0 atom stereocenters. The first-order valence-corrected chi connectivity index (χ1v) is 10.7. The topological polar surface area (TPSA) is 121 Å². The summed E-state index contributed by atoms with van der Waals surface area (Å²) >= 11 is 0. The van der Waals surface area contributed by atoms with Crippen LogP contribution in [-0.2, 0) is 9.47 Å². The molecule has 0 spiro atoms. The molecular weight excluding hydrogens is 430 g/mol. The zero-order valence-electron chi connectivity index (χ0n) is 20.9. The number of hydrogen-bond donors (Lipinski definition) is 1. The molecule has 0 heterocycles. The van der Waals surface area contributed by atoms with Crippen molar-refractivity contribution >= 4 is 18.1 Å². The molecule has 0 aromatic heterocycles. The van der Waals surface area contributed by atoms with Crippen LogP contribution in [0.4, 0.5) is 9.59 Å². The van der Waals surface area contributed by atoms with Gasteiger partial charge in [-0.25, -0.2) is 9.59 Å². The highest BCUT2D eigenvalue weighted by Gasteiger charge is 2.21. The molecular formula is C23H37N3O7. The minimum absolute atomic E-state index is 0.131.